The number of rotatable bonds is 4. The molecule has 0 aliphatic carbocycles. The Hall–Kier alpha value is -0.930. The van der Waals surface area contributed by atoms with Crippen LogP contribution in [-0.2, 0) is 4.74 Å². The third kappa shape index (κ3) is 6.56. The number of guanidine groups is 1. The third-order valence-corrected chi connectivity index (χ3v) is 5.69. The van der Waals surface area contributed by atoms with Gasteiger partial charge < -0.3 is 19.9 Å². The van der Waals surface area contributed by atoms with E-state index in [1.54, 1.807) is 0 Å². The number of nitrogens with one attached hydrogen (secondary N) is 1. The fourth-order valence-electron chi connectivity index (χ4n) is 4.06. The van der Waals surface area contributed by atoms with Gasteiger partial charge in [-0.05, 0) is 69.9 Å². The quantitative estimate of drug-likeness (QED) is 0.387. The van der Waals surface area contributed by atoms with Crippen LogP contribution < -0.4 is 5.32 Å². The van der Waals surface area contributed by atoms with Gasteiger partial charge in [0, 0.05) is 20.1 Å². The van der Waals surface area contributed by atoms with Crippen molar-refractivity contribution < 1.29 is 9.13 Å². The topological polar surface area (TPSA) is 40.1 Å². The molecule has 2 saturated heterocycles. The average Bonchev–Trinajstić information content (AvgIpc) is 2.67. The van der Waals surface area contributed by atoms with Gasteiger partial charge in [0.1, 0.15) is 11.9 Å². The van der Waals surface area contributed by atoms with Crippen LogP contribution in [0.2, 0.25) is 0 Å². The van der Waals surface area contributed by atoms with Gasteiger partial charge in [0.05, 0.1) is 12.6 Å². The molecule has 0 radical (unpaired) electrons. The molecular formula is C21H34FIN4O. The number of benzene rings is 1. The molecule has 3 rings (SSSR count). The van der Waals surface area contributed by atoms with Gasteiger partial charge in [-0.2, -0.15) is 0 Å². The highest BCUT2D eigenvalue weighted by molar-refractivity contribution is 14.0. The molecule has 2 atom stereocenters. The van der Waals surface area contributed by atoms with Gasteiger partial charge >= 0.3 is 0 Å². The Balaban J connectivity index is 0.00000280. The molecule has 2 aliphatic heterocycles. The van der Waals surface area contributed by atoms with Crippen molar-refractivity contribution in [2.75, 3.05) is 46.8 Å². The molecule has 0 spiro atoms. The normalized spacial score (nSPS) is 24.7. The molecule has 1 aromatic rings. The number of ether oxygens (including phenoxy) is 1. The van der Waals surface area contributed by atoms with E-state index in [1.165, 1.54) is 44.5 Å². The van der Waals surface area contributed by atoms with Crippen molar-refractivity contribution in [2.45, 2.75) is 38.4 Å². The Morgan fingerprint density at radius 1 is 1.21 bits per heavy atom. The monoisotopic (exact) mass is 504 g/mol. The average molecular weight is 504 g/mol. The van der Waals surface area contributed by atoms with Crippen molar-refractivity contribution in [1.29, 1.82) is 0 Å². The minimum absolute atomic E-state index is 0. The number of nitrogens with zero attached hydrogens (tertiary/aromatic N) is 3. The van der Waals surface area contributed by atoms with Crippen LogP contribution in [0.5, 0.6) is 0 Å². The van der Waals surface area contributed by atoms with Crippen LogP contribution in [0.4, 0.5) is 4.39 Å². The fraction of sp³-hybridized carbons (Fsp3) is 0.667. The van der Waals surface area contributed by atoms with Crippen LogP contribution in [0.3, 0.4) is 0 Å². The van der Waals surface area contributed by atoms with E-state index in [4.69, 9.17) is 4.74 Å². The second-order valence-corrected chi connectivity index (χ2v) is 7.90. The number of morpholine rings is 1. The summed E-state index contributed by atoms with van der Waals surface area (Å²) >= 11 is 0. The first kappa shape index (κ1) is 23.3. The number of hydrogen-bond donors (Lipinski definition) is 1. The molecule has 0 aromatic heterocycles. The molecule has 2 aliphatic rings. The van der Waals surface area contributed by atoms with Crippen molar-refractivity contribution in [2.24, 2.45) is 10.9 Å². The lowest BCUT2D eigenvalue weighted by atomic mass is 9.94. The van der Waals surface area contributed by atoms with Crippen LogP contribution in [0.1, 0.15) is 37.9 Å². The van der Waals surface area contributed by atoms with Crippen molar-refractivity contribution >= 4 is 29.9 Å². The maximum atomic E-state index is 13.2. The van der Waals surface area contributed by atoms with Crippen LogP contribution in [0.15, 0.2) is 29.3 Å². The van der Waals surface area contributed by atoms with E-state index in [0.29, 0.717) is 0 Å². The predicted octanol–water partition coefficient (Wildman–Crippen LogP) is 3.51. The van der Waals surface area contributed by atoms with E-state index >= 15 is 0 Å². The number of aliphatic imine (C=N–C) groups is 1. The van der Waals surface area contributed by atoms with E-state index in [0.717, 1.165) is 37.1 Å². The summed E-state index contributed by atoms with van der Waals surface area (Å²) in [5.74, 6) is 1.53. The Labute approximate surface area is 185 Å². The molecule has 28 heavy (non-hydrogen) atoms. The summed E-state index contributed by atoms with van der Waals surface area (Å²) in [6.07, 6.45) is 3.80. The van der Waals surface area contributed by atoms with Gasteiger partial charge in [-0.1, -0.05) is 12.1 Å². The lowest BCUT2D eigenvalue weighted by Crippen LogP contribution is -2.51. The lowest BCUT2D eigenvalue weighted by molar-refractivity contribution is -0.0605. The van der Waals surface area contributed by atoms with Crippen molar-refractivity contribution in [3.05, 3.63) is 35.6 Å². The Bertz CT molecular complexity index is 619. The summed E-state index contributed by atoms with van der Waals surface area (Å²) in [7, 11) is 4.04. The third-order valence-electron chi connectivity index (χ3n) is 5.69. The highest BCUT2D eigenvalue weighted by Crippen LogP contribution is 2.25. The Morgan fingerprint density at radius 3 is 2.54 bits per heavy atom. The van der Waals surface area contributed by atoms with E-state index in [2.05, 4.69) is 34.1 Å². The van der Waals surface area contributed by atoms with E-state index in [9.17, 15) is 4.39 Å². The molecule has 1 N–H and O–H groups in total. The Kier molecular flexibility index (Phi) is 9.43. The zero-order chi connectivity index (χ0) is 19.2. The molecule has 0 amide bonds. The highest BCUT2D eigenvalue weighted by Gasteiger charge is 2.28. The molecule has 1 aromatic carbocycles. The molecule has 158 valence electrons. The minimum Gasteiger partial charge on any atom is -0.367 e. The smallest absolute Gasteiger partial charge is 0.193 e. The van der Waals surface area contributed by atoms with Gasteiger partial charge in [0.15, 0.2) is 5.96 Å². The second kappa shape index (κ2) is 11.3. The van der Waals surface area contributed by atoms with Gasteiger partial charge in [0.2, 0.25) is 0 Å². The zero-order valence-corrected chi connectivity index (χ0v) is 19.6. The maximum absolute atomic E-state index is 13.2. The fourth-order valence-corrected chi connectivity index (χ4v) is 4.06. The molecule has 2 unspecified atom stereocenters. The lowest BCUT2D eigenvalue weighted by Gasteiger charge is -2.39. The first-order valence-electron chi connectivity index (χ1n) is 10.1. The van der Waals surface area contributed by atoms with Crippen LogP contribution in [0.25, 0.3) is 0 Å². The second-order valence-electron chi connectivity index (χ2n) is 7.90. The van der Waals surface area contributed by atoms with E-state index in [-0.39, 0.29) is 42.0 Å². The van der Waals surface area contributed by atoms with Crippen LogP contribution in [0, 0.1) is 11.7 Å². The zero-order valence-electron chi connectivity index (χ0n) is 17.2. The molecule has 5 nitrogen and oxygen atoms in total. The van der Waals surface area contributed by atoms with Gasteiger partial charge in [-0.25, -0.2) is 4.39 Å². The van der Waals surface area contributed by atoms with Crippen molar-refractivity contribution in [3.8, 4) is 0 Å². The Morgan fingerprint density at radius 2 is 1.89 bits per heavy atom. The SMILES string of the molecule is CN=C(NCCC1CCN(C)CC1)N1CC(C)OC(c2ccc(F)cc2)C1.I. The summed E-state index contributed by atoms with van der Waals surface area (Å²) in [5.41, 5.74) is 1.01. The van der Waals surface area contributed by atoms with Gasteiger partial charge in [-0.3, -0.25) is 4.99 Å². The summed E-state index contributed by atoms with van der Waals surface area (Å²) in [4.78, 5) is 9.16. The van der Waals surface area contributed by atoms with E-state index < -0.39 is 0 Å². The summed E-state index contributed by atoms with van der Waals surface area (Å²) in [6.45, 7) is 6.98. The first-order valence-corrected chi connectivity index (χ1v) is 10.1. The number of halogens is 2. The number of likely N-dealkylation sites (tertiary alicyclic amines) is 1. The van der Waals surface area contributed by atoms with Crippen molar-refractivity contribution in [3.63, 3.8) is 0 Å². The van der Waals surface area contributed by atoms with Gasteiger partial charge in [-0.15, -0.1) is 24.0 Å². The molecular weight excluding hydrogens is 470 g/mol. The highest BCUT2D eigenvalue weighted by atomic mass is 127. The van der Waals surface area contributed by atoms with Crippen molar-refractivity contribution in [1.82, 2.24) is 15.1 Å². The van der Waals surface area contributed by atoms with Crippen LogP contribution in [-0.4, -0.2) is 68.7 Å². The first-order chi connectivity index (χ1) is 13.0. The number of piperidine rings is 1. The predicted molar refractivity (Wildman–Crippen MR) is 123 cm³/mol. The molecule has 2 heterocycles. The van der Waals surface area contributed by atoms with Crippen LogP contribution >= 0.6 is 24.0 Å². The standard InChI is InChI=1S/C21H33FN4O.HI/c1-16-14-26(15-20(27-16)18-4-6-19(22)7-5-18)21(23-2)24-11-8-17-9-12-25(3)13-10-17;/h4-7,16-17,20H,8-15H2,1-3H3,(H,23,24);1H. The molecule has 7 heteroatoms. The summed E-state index contributed by atoms with van der Waals surface area (Å²) in [5, 5.41) is 3.55. The molecule has 2 fully saturated rings. The molecule has 0 saturated carbocycles. The number of hydrogen-bond acceptors (Lipinski definition) is 3. The minimum atomic E-state index is -0.217. The largest absolute Gasteiger partial charge is 0.367 e. The maximum Gasteiger partial charge on any atom is 0.193 e. The summed E-state index contributed by atoms with van der Waals surface area (Å²) in [6, 6.07) is 6.62. The van der Waals surface area contributed by atoms with Gasteiger partial charge in [0.25, 0.3) is 0 Å². The summed E-state index contributed by atoms with van der Waals surface area (Å²) < 4.78 is 19.3. The molecule has 0 bridgehead atoms. The van der Waals surface area contributed by atoms with E-state index in [1.807, 2.05) is 19.2 Å².